The van der Waals surface area contributed by atoms with Crippen LogP contribution in [0.5, 0.6) is 0 Å². The molecule has 3 aromatic rings. The van der Waals surface area contributed by atoms with Crippen LogP contribution >= 0.6 is 0 Å². The topological polar surface area (TPSA) is 18.1 Å². The molecule has 0 unspecified atom stereocenters. The highest BCUT2D eigenvalue weighted by atomic mass is 16.3. The number of aromatic nitrogens is 1. The zero-order chi connectivity index (χ0) is 15.8. The molecule has 0 radical (unpaired) electrons. The van der Waals surface area contributed by atoms with Crippen LogP contribution < -0.4 is 0 Å². The van der Waals surface area contributed by atoms with Crippen molar-refractivity contribution in [2.75, 3.05) is 0 Å². The van der Waals surface area contributed by atoms with Gasteiger partial charge in [-0.3, -0.25) is 0 Å². The number of hydrogen-bond donors (Lipinski definition) is 0. The Morgan fingerprint density at radius 2 is 1.91 bits per heavy atom. The maximum atomic E-state index is 5.95. The van der Waals surface area contributed by atoms with Gasteiger partial charge in [-0.1, -0.05) is 48.6 Å². The van der Waals surface area contributed by atoms with Gasteiger partial charge in [0.25, 0.3) is 0 Å². The SMILES string of the molecule is Cc1ccc(-c2c(C3=CC=CCC=C3)c3ccccc3n2C)o1. The molecule has 0 spiro atoms. The van der Waals surface area contributed by atoms with E-state index in [4.69, 9.17) is 4.42 Å². The highest BCUT2D eigenvalue weighted by molar-refractivity contribution is 6.02. The van der Waals surface area contributed by atoms with Crippen molar-refractivity contribution in [2.45, 2.75) is 13.3 Å². The van der Waals surface area contributed by atoms with Gasteiger partial charge in [-0.2, -0.15) is 0 Å². The molecule has 0 atom stereocenters. The molecule has 1 aliphatic rings. The van der Waals surface area contributed by atoms with Gasteiger partial charge in [0.2, 0.25) is 0 Å². The van der Waals surface area contributed by atoms with Crippen LogP contribution in [0.15, 0.2) is 71.2 Å². The average Bonchev–Trinajstić information content (AvgIpc) is 2.98. The number of para-hydroxylation sites is 1. The Morgan fingerprint density at radius 3 is 2.74 bits per heavy atom. The summed E-state index contributed by atoms with van der Waals surface area (Å²) in [5.74, 6) is 1.85. The lowest BCUT2D eigenvalue weighted by atomic mass is 10.00. The minimum atomic E-state index is 0.915. The highest BCUT2D eigenvalue weighted by Gasteiger charge is 2.20. The quantitative estimate of drug-likeness (QED) is 0.598. The van der Waals surface area contributed by atoms with Gasteiger partial charge in [0.1, 0.15) is 5.76 Å². The molecule has 0 saturated heterocycles. The standard InChI is InChI=1S/C21H19NO/c1-15-13-14-19(23-15)21-20(16-9-5-3-4-6-10-16)17-11-7-8-12-18(17)22(21)2/h3,5-14H,4H2,1-2H3. The second-order valence-electron chi connectivity index (χ2n) is 5.90. The van der Waals surface area contributed by atoms with Crippen LogP contribution in [0.2, 0.25) is 0 Å². The van der Waals surface area contributed by atoms with E-state index in [0.717, 1.165) is 23.6 Å². The first-order valence-corrected chi connectivity index (χ1v) is 7.93. The summed E-state index contributed by atoms with van der Waals surface area (Å²) in [5, 5.41) is 1.25. The molecule has 0 amide bonds. The zero-order valence-electron chi connectivity index (χ0n) is 13.4. The van der Waals surface area contributed by atoms with Gasteiger partial charge < -0.3 is 8.98 Å². The highest BCUT2D eigenvalue weighted by Crippen LogP contribution is 2.39. The summed E-state index contributed by atoms with van der Waals surface area (Å²) in [6.07, 6.45) is 11.9. The van der Waals surface area contributed by atoms with E-state index in [0.29, 0.717) is 0 Å². The number of hydrogen-bond acceptors (Lipinski definition) is 1. The second kappa shape index (κ2) is 5.47. The summed E-state index contributed by atoms with van der Waals surface area (Å²) < 4.78 is 8.18. The van der Waals surface area contributed by atoms with Gasteiger partial charge in [-0.05, 0) is 37.1 Å². The van der Waals surface area contributed by atoms with Gasteiger partial charge >= 0.3 is 0 Å². The largest absolute Gasteiger partial charge is 0.460 e. The fraction of sp³-hybridized carbons (Fsp3) is 0.143. The monoisotopic (exact) mass is 301 g/mol. The lowest BCUT2D eigenvalue weighted by Crippen LogP contribution is -1.92. The Bertz CT molecular complexity index is 963. The van der Waals surface area contributed by atoms with Crippen molar-refractivity contribution >= 4 is 16.5 Å². The van der Waals surface area contributed by atoms with Gasteiger partial charge in [0.15, 0.2) is 5.76 Å². The van der Waals surface area contributed by atoms with E-state index >= 15 is 0 Å². The van der Waals surface area contributed by atoms with Crippen LogP contribution in [0, 0.1) is 6.92 Å². The lowest BCUT2D eigenvalue weighted by molar-refractivity contribution is 0.544. The molecule has 0 saturated carbocycles. The molecule has 0 aliphatic heterocycles. The van der Waals surface area contributed by atoms with E-state index in [1.807, 2.05) is 13.0 Å². The molecule has 4 rings (SSSR count). The maximum Gasteiger partial charge on any atom is 0.151 e. The summed E-state index contributed by atoms with van der Waals surface area (Å²) in [7, 11) is 2.11. The summed E-state index contributed by atoms with van der Waals surface area (Å²) in [6, 6.07) is 12.6. The van der Waals surface area contributed by atoms with Gasteiger partial charge in [-0.15, -0.1) is 0 Å². The fourth-order valence-corrected chi connectivity index (χ4v) is 3.28. The van der Waals surface area contributed by atoms with Crippen molar-refractivity contribution in [3.8, 4) is 11.5 Å². The van der Waals surface area contributed by atoms with Crippen LogP contribution in [0.3, 0.4) is 0 Å². The molecule has 23 heavy (non-hydrogen) atoms. The fourth-order valence-electron chi connectivity index (χ4n) is 3.28. The van der Waals surface area contributed by atoms with Gasteiger partial charge in [0, 0.05) is 23.5 Å². The number of fused-ring (bicyclic) bond motifs is 1. The van der Waals surface area contributed by atoms with Gasteiger partial charge in [-0.25, -0.2) is 0 Å². The lowest BCUT2D eigenvalue weighted by Gasteiger charge is -2.06. The molecule has 2 nitrogen and oxygen atoms in total. The Labute approximate surface area is 136 Å². The summed E-state index contributed by atoms with van der Waals surface area (Å²) in [5.41, 5.74) is 4.81. The number of benzene rings is 1. The summed E-state index contributed by atoms with van der Waals surface area (Å²) >= 11 is 0. The molecule has 0 N–H and O–H groups in total. The normalized spacial score (nSPS) is 14.3. The van der Waals surface area contributed by atoms with E-state index in [1.54, 1.807) is 0 Å². The van der Waals surface area contributed by atoms with Crippen LogP contribution in [0.1, 0.15) is 17.7 Å². The average molecular weight is 301 g/mol. The third kappa shape index (κ3) is 2.27. The predicted octanol–water partition coefficient (Wildman–Crippen LogP) is 5.65. The third-order valence-corrected chi connectivity index (χ3v) is 4.35. The Hall–Kier alpha value is -2.74. The molecule has 2 heterocycles. The van der Waals surface area contributed by atoms with E-state index in [9.17, 15) is 0 Å². The maximum absolute atomic E-state index is 5.95. The molecule has 0 bridgehead atoms. The number of aryl methyl sites for hydroxylation is 2. The molecule has 0 fully saturated rings. The van der Waals surface area contributed by atoms with E-state index in [-0.39, 0.29) is 0 Å². The molecule has 1 aromatic carbocycles. The number of nitrogens with zero attached hydrogens (tertiary/aromatic N) is 1. The molecule has 2 aromatic heterocycles. The molecule has 2 heteroatoms. The van der Waals surface area contributed by atoms with Crippen molar-refractivity contribution in [3.63, 3.8) is 0 Å². The number of furan rings is 1. The Morgan fingerprint density at radius 1 is 1.04 bits per heavy atom. The minimum Gasteiger partial charge on any atom is -0.460 e. The van der Waals surface area contributed by atoms with Crippen molar-refractivity contribution in [1.82, 2.24) is 4.57 Å². The zero-order valence-corrected chi connectivity index (χ0v) is 13.4. The number of allylic oxidation sites excluding steroid dienone is 6. The third-order valence-electron chi connectivity index (χ3n) is 4.35. The van der Waals surface area contributed by atoms with Gasteiger partial charge in [0.05, 0.1) is 5.69 Å². The molecule has 114 valence electrons. The molecular weight excluding hydrogens is 282 g/mol. The molecular formula is C21H19NO. The van der Waals surface area contributed by atoms with E-state index in [2.05, 4.69) is 72.3 Å². The van der Waals surface area contributed by atoms with E-state index in [1.165, 1.54) is 22.0 Å². The first-order chi connectivity index (χ1) is 11.3. The van der Waals surface area contributed by atoms with Crippen LogP contribution in [0.4, 0.5) is 0 Å². The Balaban J connectivity index is 2.08. The number of rotatable bonds is 2. The Kier molecular flexibility index (Phi) is 3.30. The van der Waals surface area contributed by atoms with E-state index < -0.39 is 0 Å². The van der Waals surface area contributed by atoms with Crippen LogP contribution in [-0.4, -0.2) is 4.57 Å². The second-order valence-corrected chi connectivity index (χ2v) is 5.90. The predicted molar refractivity (Wildman–Crippen MR) is 96.2 cm³/mol. The first kappa shape index (κ1) is 13.9. The summed E-state index contributed by atoms with van der Waals surface area (Å²) in [6.45, 7) is 1.99. The van der Waals surface area contributed by atoms with Crippen molar-refractivity contribution < 1.29 is 4.42 Å². The van der Waals surface area contributed by atoms with Crippen LogP contribution in [0.25, 0.3) is 27.9 Å². The smallest absolute Gasteiger partial charge is 0.151 e. The summed E-state index contributed by atoms with van der Waals surface area (Å²) in [4.78, 5) is 0. The molecule has 1 aliphatic carbocycles. The minimum absolute atomic E-state index is 0.915. The van der Waals surface area contributed by atoms with Crippen molar-refractivity contribution in [1.29, 1.82) is 0 Å². The van der Waals surface area contributed by atoms with Crippen LogP contribution in [-0.2, 0) is 7.05 Å². The first-order valence-electron chi connectivity index (χ1n) is 7.93. The van der Waals surface area contributed by atoms with Crippen molar-refractivity contribution in [3.05, 3.63) is 78.1 Å². The van der Waals surface area contributed by atoms with Crippen molar-refractivity contribution in [2.24, 2.45) is 7.05 Å².